The summed E-state index contributed by atoms with van der Waals surface area (Å²) in [7, 11) is -5.76. The fourth-order valence-electron chi connectivity index (χ4n) is 2.74. The van der Waals surface area contributed by atoms with Crippen LogP contribution >= 0.6 is 0 Å². The fourth-order valence-corrected chi connectivity index (χ4v) is 3.61. The number of carbonyl (C=O) groups excluding carboxylic acids is 2. The van der Waals surface area contributed by atoms with Crippen molar-refractivity contribution in [2.45, 2.75) is 42.6 Å². The van der Waals surface area contributed by atoms with Gasteiger partial charge in [-0.3, -0.25) is 9.59 Å². The number of aromatic nitrogens is 1. The zero-order chi connectivity index (χ0) is 20.1. The maximum Gasteiger partial charge on any atom is 0.503 e. The molecule has 0 unspecified atom stereocenters. The van der Waals surface area contributed by atoms with Gasteiger partial charge in [-0.05, 0) is 25.0 Å². The number of pyridine rings is 1. The van der Waals surface area contributed by atoms with Crippen LogP contribution in [0.2, 0.25) is 0 Å². The first-order valence-electron chi connectivity index (χ1n) is 8.47. The van der Waals surface area contributed by atoms with Crippen LogP contribution in [0.5, 0.6) is 0 Å². The summed E-state index contributed by atoms with van der Waals surface area (Å²) < 4.78 is 61.4. The molecule has 7 nitrogen and oxygen atoms in total. The van der Waals surface area contributed by atoms with Crippen LogP contribution in [0.1, 0.15) is 42.5 Å². The monoisotopic (exact) mass is 407 g/mol. The van der Waals surface area contributed by atoms with Gasteiger partial charge < -0.3 is 10.2 Å². The van der Waals surface area contributed by atoms with Gasteiger partial charge in [0.25, 0.3) is 15.7 Å². The summed E-state index contributed by atoms with van der Waals surface area (Å²) >= 11 is 0. The number of hydrogen-bond donors (Lipinski definition) is 1. The second-order valence-electron chi connectivity index (χ2n) is 6.11. The zero-order valence-electron chi connectivity index (χ0n) is 14.5. The minimum atomic E-state index is -5.76. The Morgan fingerprint density at radius 2 is 1.78 bits per heavy atom. The molecule has 0 radical (unpaired) electrons. The number of halogens is 3. The first kappa shape index (κ1) is 21.1. The summed E-state index contributed by atoms with van der Waals surface area (Å²) in [6.07, 6.45) is 4.76. The Balaban J connectivity index is 2.02. The van der Waals surface area contributed by atoms with E-state index in [0.29, 0.717) is 13.1 Å². The lowest BCUT2D eigenvalue weighted by Crippen LogP contribution is -2.35. The Morgan fingerprint density at radius 1 is 1.15 bits per heavy atom. The third-order valence-electron chi connectivity index (χ3n) is 4.16. The van der Waals surface area contributed by atoms with Crippen molar-refractivity contribution < 1.29 is 31.2 Å². The molecule has 11 heteroatoms. The smallest absolute Gasteiger partial charge is 0.351 e. The summed E-state index contributed by atoms with van der Waals surface area (Å²) in [4.78, 5) is 29.2. The number of carbonyl (C=O) groups is 2. The summed E-state index contributed by atoms with van der Waals surface area (Å²) in [5.74, 6) is -1.19. The van der Waals surface area contributed by atoms with Crippen molar-refractivity contribution >= 4 is 21.7 Å². The van der Waals surface area contributed by atoms with Gasteiger partial charge in [0, 0.05) is 32.3 Å². The molecule has 27 heavy (non-hydrogen) atoms. The number of rotatable bonds is 5. The van der Waals surface area contributed by atoms with Gasteiger partial charge in [0.05, 0.1) is 5.56 Å². The number of amides is 2. The molecule has 0 spiro atoms. The first-order valence-corrected chi connectivity index (χ1v) is 9.95. The largest absolute Gasteiger partial charge is 0.503 e. The minimum Gasteiger partial charge on any atom is -0.351 e. The SMILES string of the molecule is O=C(NCCC(=O)N1CCCCCC1)c1cccnc1S(=O)(=O)C(F)(F)F. The van der Waals surface area contributed by atoms with Gasteiger partial charge in [0.2, 0.25) is 5.91 Å². The van der Waals surface area contributed by atoms with Gasteiger partial charge in [-0.25, -0.2) is 13.4 Å². The lowest BCUT2D eigenvalue weighted by molar-refractivity contribution is -0.131. The average Bonchev–Trinajstić information content (AvgIpc) is 2.90. The van der Waals surface area contributed by atoms with E-state index in [0.717, 1.165) is 44.0 Å². The zero-order valence-corrected chi connectivity index (χ0v) is 15.3. The number of sulfone groups is 1. The highest BCUT2D eigenvalue weighted by Crippen LogP contribution is 2.30. The normalized spacial score (nSPS) is 15.9. The molecule has 0 aromatic carbocycles. The number of hydrogen-bond acceptors (Lipinski definition) is 5. The van der Waals surface area contributed by atoms with Gasteiger partial charge in [-0.2, -0.15) is 13.2 Å². The van der Waals surface area contributed by atoms with Crippen LogP contribution in [0.4, 0.5) is 13.2 Å². The van der Waals surface area contributed by atoms with E-state index < -0.39 is 31.8 Å². The number of alkyl halides is 3. The third-order valence-corrected chi connectivity index (χ3v) is 5.60. The highest BCUT2D eigenvalue weighted by molar-refractivity contribution is 7.92. The Bertz CT molecular complexity index is 788. The molecule has 1 aromatic rings. The molecule has 2 amide bonds. The summed E-state index contributed by atoms with van der Waals surface area (Å²) in [5.41, 5.74) is -6.28. The number of nitrogens with one attached hydrogen (secondary N) is 1. The molecule has 0 saturated carbocycles. The standard InChI is InChI=1S/C16H20F3N3O4S/c17-16(18,19)27(25,26)15-12(6-5-8-21-15)14(24)20-9-7-13(23)22-10-3-1-2-4-11-22/h5-6,8H,1-4,7,9-11H2,(H,20,24). The van der Waals surface area contributed by atoms with Crippen LogP contribution < -0.4 is 5.32 Å². The van der Waals surface area contributed by atoms with Crippen molar-refractivity contribution in [1.82, 2.24) is 15.2 Å². The first-order chi connectivity index (χ1) is 12.6. The molecule has 0 aliphatic carbocycles. The molecule has 2 heterocycles. The molecule has 2 rings (SSSR count). The highest BCUT2D eigenvalue weighted by atomic mass is 32.2. The highest BCUT2D eigenvalue weighted by Gasteiger charge is 2.49. The Hall–Kier alpha value is -2.17. The molecule has 1 aromatic heterocycles. The van der Waals surface area contributed by atoms with E-state index in [2.05, 4.69) is 10.3 Å². The van der Waals surface area contributed by atoms with Crippen molar-refractivity contribution in [3.8, 4) is 0 Å². The van der Waals surface area contributed by atoms with E-state index in [4.69, 9.17) is 0 Å². The number of likely N-dealkylation sites (tertiary alicyclic amines) is 1. The van der Waals surface area contributed by atoms with Crippen molar-refractivity contribution in [1.29, 1.82) is 0 Å². The predicted molar refractivity (Wildman–Crippen MR) is 89.5 cm³/mol. The van der Waals surface area contributed by atoms with Crippen LogP contribution in [0.3, 0.4) is 0 Å². The lowest BCUT2D eigenvalue weighted by Gasteiger charge is -2.20. The maximum atomic E-state index is 12.7. The molecule has 150 valence electrons. The molecule has 1 aliphatic rings. The van der Waals surface area contributed by atoms with E-state index in [9.17, 15) is 31.2 Å². The molecule has 1 saturated heterocycles. The second-order valence-corrected chi connectivity index (χ2v) is 7.96. The van der Waals surface area contributed by atoms with E-state index in [1.807, 2.05) is 0 Å². The summed E-state index contributed by atoms with van der Waals surface area (Å²) in [6, 6.07) is 2.10. The van der Waals surface area contributed by atoms with Crippen molar-refractivity contribution in [3.05, 3.63) is 23.9 Å². The average molecular weight is 407 g/mol. The van der Waals surface area contributed by atoms with Crippen molar-refractivity contribution in [2.24, 2.45) is 0 Å². The topological polar surface area (TPSA) is 96.4 Å². The molecular formula is C16H20F3N3O4S. The third kappa shape index (κ3) is 5.18. The van der Waals surface area contributed by atoms with Crippen molar-refractivity contribution in [3.63, 3.8) is 0 Å². The van der Waals surface area contributed by atoms with Gasteiger partial charge >= 0.3 is 5.51 Å². The predicted octanol–water partition coefficient (Wildman–Crippen LogP) is 1.90. The van der Waals surface area contributed by atoms with Crippen LogP contribution in [0.15, 0.2) is 23.4 Å². The fraction of sp³-hybridized carbons (Fsp3) is 0.562. The van der Waals surface area contributed by atoms with Crippen LogP contribution in [0, 0.1) is 0 Å². The Morgan fingerprint density at radius 3 is 2.37 bits per heavy atom. The van der Waals surface area contributed by atoms with Crippen molar-refractivity contribution in [2.75, 3.05) is 19.6 Å². The quantitative estimate of drug-likeness (QED) is 0.804. The lowest BCUT2D eigenvalue weighted by atomic mass is 10.2. The minimum absolute atomic E-state index is 0.0205. The second kappa shape index (κ2) is 8.68. The van der Waals surface area contributed by atoms with Gasteiger partial charge in [-0.15, -0.1) is 0 Å². The van der Waals surface area contributed by atoms with Gasteiger partial charge in [-0.1, -0.05) is 12.8 Å². The molecular weight excluding hydrogens is 387 g/mol. The van der Waals surface area contributed by atoms with Crippen LogP contribution in [-0.4, -0.2) is 55.3 Å². The molecule has 1 N–H and O–H groups in total. The Labute approximate surface area is 154 Å². The van der Waals surface area contributed by atoms with Crippen LogP contribution in [0.25, 0.3) is 0 Å². The summed E-state index contributed by atoms with van der Waals surface area (Å²) in [6.45, 7) is 1.17. The Kier molecular flexibility index (Phi) is 6.79. The molecule has 1 fully saturated rings. The van der Waals surface area contributed by atoms with E-state index in [-0.39, 0.29) is 18.9 Å². The van der Waals surface area contributed by atoms with Gasteiger partial charge in [0.15, 0.2) is 5.03 Å². The van der Waals surface area contributed by atoms with Crippen LogP contribution in [-0.2, 0) is 14.6 Å². The molecule has 1 aliphatic heterocycles. The van der Waals surface area contributed by atoms with Gasteiger partial charge in [0.1, 0.15) is 0 Å². The number of nitrogens with zero attached hydrogens (tertiary/aromatic N) is 2. The summed E-state index contributed by atoms with van der Waals surface area (Å²) in [5, 5.41) is 0.937. The van der Waals surface area contributed by atoms with E-state index in [1.54, 1.807) is 4.90 Å². The molecule has 0 bridgehead atoms. The van der Waals surface area contributed by atoms with E-state index >= 15 is 0 Å². The van der Waals surface area contributed by atoms with E-state index in [1.165, 1.54) is 0 Å². The molecule has 0 atom stereocenters. The maximum absolute atomic E-state index is 12.7.